The van der Waals surface area contributed by atoms with Crippen LogP contribution in [0.1, 0.15) is 16.4 Å². The summed E-state index contributed by atoms with van der Waals surface area (Å²) in [7, 11) is 0. The summed E-state index contributed by atoms with van der Waals surface area (Å²) in [5, 5.41) is 6.55. The summed E-state index contributed by atoms with van der Waals surface area (Å²) in [5.74, 6) is 3.39. The summed E-state index contributed by atoms with van der Waals surface area (Å²) < 4.78 is 0. The molecule has 0 spiro atoms. The minimum Gasteiger partial charge on any atom is -0.333 e. The van der Waals surface area contributed by atoms with Crippen molar-refractivity contribution in [1.82, 2.24) is 25.0 Å². The highest BCUT2D eigenvalue weighted by molar-refractivity contribution is 5.90. The van der Waals surface area contributed by atoms with Gasteiger partial charge in [-0.15, -0.1) is 11.5 Å². The first-order valence-corrected chi connectivity index (χ1v) is 5.55. The molecule has 1 saturated heterocycles. The maximum absolute atomic E-state index is 12.0. The molecule has 0 saturated carbocycles. The van der Waals surface area contributed by atoms with Crippen LogP contribution in [-0.4, -0.2) is 63.6 Å². The molecule has 1 N–H and O–H groups in total. The van der Waals surface area contributed by atoms with Gasteiger partial charge in [0, 0.05) is 26.2 Å². The summed E-state index contributed by atoms with van der Waals surface area (Å²) in [4.78, 5) is 19.9. The van der Waals surface area contributed by atoms with Crippen molar-refractivity contribution in [2.45, 2.75) is 6.92 Å². The molecule has 17 heavy (non-hydrogen) atoms. The van der Waals surface area contributed by atoms with Gasteiger partial charge in [-0.2, -0.15) is 0 Å². The first-order chi connectivity index (χ1) is 8.20. The predicted octanol–water partition coefficient (Wildman–Crippen LogP) is -0.496. The van der Waals surface area contributed by atoms with E-state index >= 15 is 0 Å². The van der Waals surface area contributed by atoms with Crippen LogP contribution in [0, 0.1) is 19.3 Å². The van der Waals surface area contributed by atoms with E-state index in [4.69, 9.17) is 6.42 Å². The van der Waals surface area contributed by atoms with Crippen LogP contribution in [0.2, 0.25) is 0 Å². The third-order valence-electron chi connectivity index (χ3n) is 2.76. The van der Waals surface area contributed by atoms with Gasteiger partial charge in [0.1, 0.15) is 5.82 Å². The number of aromatic amines is 1. The van der Waals surface area contributed by atoms with Gasteiger partial charge in [-0.25, -0.2) is 4.98 Å². The molecule has 6 heteroatoms. The van der Waals surface area contributed by atoms with Crippen LogP contribution in [0.25, 0.3) is 0 Å². The van der Waals surface area contributed by atoms with Gasteiger partial charge in [-0.3, -0.25) is 14.8 Å². The lowest BCUT2D eigenvalue weighted by Crippen LogP contribution is -2.48. The zero-order valence-electron chi connectivity index (χ0n) is 9.81. The normalized spacial score (nSPS) is 16.8. The molecule has 2 heterocycles. The topological polar surface area (TPSA) is 65.1 Å². The second-order valence-corrected chi connectivity index (χ2v) is 4.02. The summed E-state index contributed by atoms with van der Waals surface area (Å²) in [5.41, 5.74) is 0. The standard InChI is InChI=1S/C11H15N5O/c1-3-4-15-5-7-16(8-6-15)11(17)10-12-9(2)13-14-10/h1H,4-8H2,2H3,(H,12,13,14). The molecule has 0 unspecified atom stereocenters. The number of terminal acetylenes is 1. The highest BCUT2D eigenvalue weighted by atomic mass is 16.2. The molecule has 2 rings (SSSR count). The van der Waals surface area contributed by atoms with Crippen molar-refractivity contribution in [1.29, 1.82) is 0 Å². The van der Waals surface area contributed by atoms with Crippen LogP contribution in [0.4, 0.5) is 0 Å². The molecule has 0 bridgehead atoms. The Morgan fingerprint density at radius 1 is 1.47 bits per heavy atom. The molecule has 1 amide bonds. The van der Waals surface area contributed by atoms with E-state index in [-0.39, 0.29) is 11.7 Å². The fraction of sp³-hybridized carbons (Fsp3) is 0.545. The van der Waals surface area contributed by atoms with E-state index in [1.54, 1.807) is 11.8 Å². The molecular weight excluding hydrogens is 218 g/mol. The molecule has 90 valence electrons. The van der Waals surface area contributed by atoms with Gasteiger partial charge >= 0.3 is 0 Å². The van der Waals surface area contributed by atoms with Gasteiger partial charge < -0.3 is 4.90 Å². The van der Waals surface area contributed by atoms with Gasteiger partial charge in [0.25, 0.3) is 5.91 Å². The molecule has 0 radical (unpaired) electrons. The molecule has 0 aromatic carbocycles. The Labute approximate surface area is 100 Å². The van der Waals surface area contributed by atoms with Crippen molar-refractivity contribution in [3.8, 4) is 12.3 Å². The first-order valence-electron chi connectivity index (χ1n) is 5.55. The second kappa shape index (κ2) is 4.97. The Morgan fingerprint density at radius 2 is 2.18 bits per heavy atom. The quantitative estimate of drug-likeness (QED) is 0.700. The number of hydrogen-bond acceptors (Lipinski definition) is 4. The third kappa shape index (κ3) is 2.63. The highest BCUT2D eigenvalue weighted by Crippen LogP contribution is 2.05. The summed E-state index contributed by atoms with van der Waals surface area (Å²) in [6.07, 6.45) is 5.25. The number of aromatic nitrogens is 3. The molecule has 1 fully saturated rings. The van der Waals surface area contributed by atoms with Crippen molar-refractivity contribution in [2.75, 3.05) is 32.7 Å². The van der Waals surface area contributed by atoms with Crippen molar-refractivity contribution in [3.05, 3.63) is 11.6 Å². The maximum atomic E-state index is 12.0. The number of H-pyrrole nitrogens is 1. The Morgan fingerprint density at radius 3 is 2.71 bits per heavy atom. The van der Waals surface area contributed by atoms with Crippen LogP contribution in [-0.2, 0) is 0 Å². The number of carbonyl (C=O) groups is 1. The number of nitrogens with one attached hydrogen (secondary N) is 1. The highest BCUT2D eigenvalue weighted by Gasteiger charge is 2.23. The maximum Gasteiger partial charge on any atom is 0.293 e. The van der Waals surface area contributed by atoms with Crippen molar-refractivity contribution >= 4 is 5.91 Å². The fourth-order valence-electron chi connectivity index (χ4n) is 1.82. The molecular formula is C11H15N5O. The predicted molar refractivity (Wildman–Crippen MR) is 62.3 cm³/mol. The number of piperazine rings is 1. The van der Waals surface area contributed by atoms with Crippen molar-refractivity contribution in [3.63, 3.8) is 0 Å². The van der Waals surface area contributed by atoms with Crippen LogP contribution < -0.4 is 0 Å². The lowest BCUT2D eigenvalue weighted by molar-refractivity contribution is 0.0640. The van der Waals surface area contributed by atoms with Crippen molar-refractivity contribution < 1.29 is 4.79 Å². The molecule has 0 atom stereocenters. The average molecular weight is 233 g/mol. The molecule has 0 aliphatic carbocycles. The molecule has 1 aliphatic rings. The number of carbonyl (C=O) groups excluding carboxylic acids is 1. The third-order valence-corrected chi connectivity index (χ3v) is 2.76. The van der Waals surface area contributed by atoms with E-state index < -0.39 is 0 Å². The number of nitrogens with zero attached hydrogens (tertiary/aromatic N) is 4. The van der Waals surface area contributed by atoms with E-state index in [1.165, 1.54) is 0 Å². The van der Waals surface area contributed by atoms with Gasteiger partial charge in [-0.1, -0.05) is 5.92 Å². The zero-order chi connectivity index (χ0) is 12.3. The fourth-order valence-corrected chi connectivity index (χ4v) is 1.82. The minimum atomic E-state index is -0.116. The SMILES string of the molecule is C#CCN1CCN(C(=O)c2n[nH]c(C)n2)CC1. The van der Waals surface area contributed by atoms with Crippen LogP contribution in [0.5, 0.6) is 0 Å². The Kier molecular flexibility index (Phi) is 3.40. The summed E-state index contributed by atoms with van der Waals surface area (Å²) in [6.45, 7) is 5.37. The zero-order valence-corrected chi connectivity index (χ0v) is 9.81. The van der Waals surface area contributed by atoms with Crippen LogP contribution in [0.3, 0.4) is 0 Å². The van der Waals surface area contributed by atoms with E-state index in [9.17, 15) is 4.79 Å². The number of rotatable bonds is 2. The first kappa shape index (κ1) is 11.6. The average Bonchev–Trinajstić information content (AvgIpc) is 2.76. The van der Waals surface area contributed by atoms with Crippen molar-refractivity contribution in [2.24, 2.45) is 0 Å². The lowest BCUT2D eigenvalue weighted by Gasteiger charge is -2.32. The number of aryl methyl sites for hydroxylation is 1. The second-order valence-electron chi connectivity index (χ2n) is 4.02. The minimum absolute atomic E-state index is 0.116. The van der Waals surface area contributed by atoms with E-state index in [1.807, 2.05) is 0 Å². The molecule has 1 aromatic heterocycles. The number of hydrogen-bond donors (Lipinski definition) is 1. The smallest absolute Gasteiger partial charge is 0.293 e. The van der Waals surface area contributed by atoms with Crippen LogP contribution >= 0.6 is 0 Å². The van der Waals surface area contributed by atoms with Gasteiger partial charge in [-0.05, 0) is 6.92 Å². The molecule has 1 aliphatic heterocycles. The Hall–Kier alpha value is -1.87. The van der Waals surface area contributed by atoms with Gasteiger partial charge in [0.15, 0.2) is 0 Å². The van der Waals surface area contributed by atoms with Crippen LogP contribution in [0.15, 0.2) is 0 Å². The monoisotopic (exact) mass is 233 g/mol. The Bertz CT molecular complexity index is 439. The van der Waals surface area contributed by atoms with E-state index in [2.05, 4.69) is 26.0 Å². The molecule has 1 aromatic rings. The lowest BCUT2D eigenvalue weighted by atomic mass is 10.3. The molecule has 6 nitrogen and oxygen atoms in total. The summed E-state index contributed by atoms with van der Waals surface area (Å²) >= 11 is 0. The largest absolute Gasteiger partial charge is 0.333 e. The van der Waals surface area contributed by atoms with Gasteiger partial charge in [0.2, 0.25) is 5.82 Å². The van der Waals surface area contributed by atoms with E-state index in [0.717, 1.165) is 13.1 Å². The Balaban J connectivity index is 1.93. The van der Waals surface area contributed by atoms with Gasteiger partial charge in [0.05, 0.1) is 6.54 Å². The number of amides is 1. The summed E-state index contributed by atoms with van der Waals surface area (Å²) in [6, 6.07) is 0. The van der Waals surface area contributed by atoms with E-state index in [0.29, 0.717) is 25.5 Å².